The van der Waals surface area contributed by atoms with E-state index in [1.165, 1.54) is 13.8 Å². The van der Waals surface area contributed by atoms with Crippen LogP contribution in [0.2, 0.25) is 0 Å². The number of amides is 2. The van der Waals surface area contributed by atoms with E-state index in [0.717, 1.165) is 11.6 Å². The van der Waals surface area contributed by atoms with E-state index in [1.807, 2.05) is 19.1 Å². The highest BCUT2D eigenvalue weighted by molar-refractivity contribution is 6.14. The van der Waals surface area contributed by atoms with Crippen molar-refractivity contribution in [1.29, 1.82) is 0 Å². The van der Waals surface area contributed by atoms with Crippen LogP contribution < -0.4 is 10.6 Å². The van der Waals surface area contributed by atoms with Crippen LogP contribution in [-0.2, 0) is 16.0 Å². The van der Waals surface area contributed by atoms with Crippen LogP contribution in [-0.4, -0.2) is 11.8 Å². The van der Waals surface area contributed by atoms with Crippen LogP contribution in [0.5, 0.6) is 0 Å². The van der Waals surface area contributed by atoms with Gasteiger partial charge in [0.25, 0.3) is 0 Å². The number of benzene rings is 2. The highest BCUT2D eigenvalue weighted by Gasteiger charge is 2.37. The Morgan fingerprint density at radius 3 is 2.08 bits per heavy atom. The summed E-state index contributed by atoms with van der Waals surface area (Å²) >= 11 is 0. The highest BCUT2D eigenvalue weighted by Crippen LogP contribution is 2.25. The van der Waals surface area contributed by atoms with Crippen molar-refractivity contribution < 1.29 is 22.8 Å². The van der Waals surface area contributed by atoms with Crippen molar-refractivity contribution >= 4 is 23.2 Å². The zero-order valence-corrected chi connectivity index (χ0v) is 14.6. The zero-order chi connectivity index (χ0) is 19.5. The van der Waals surface area contributed by atoms with Crippen LogP contribution in [0.3, 0.4) is 0 Å². The molecule has 0 heterocycles. The molecule has 0 aliphatic rings. The van der Waals surface area contributed by atoms with Gasteiger partial charge in [0.2, 0.25) is 11.8 Å². The van der Waals surface area contributed by atoms with E-state index in [1.54, 1.807) is 12.1 Å². The average molecular weight is 364 g/mol. The predicted molar refractivity (Wildman–Crippen MR) is 93.2 cm³/mol. The molecule has 0 saturated heterocycles. The number of halogens is 3. The van der Waals surface area contributed by atoms with Gasteiger partial charge in [-0.15, -0.1) is 0 Å². The van der Waals surface area contributed by atoms with Crippen LogP contribution in [0.15, 0.2) is 36.4 Å². The monoisotopic (exact) mass is 364 g/mol. The van der Waals surface area contributed by atoms with Crippen molar-refractivity contribution in [3.63, 3.8) is 0 Å². The van der Waals surface area contributed by atoms with Gasteiger partial charge in [0.15, 0.2) is 17.5 Å². The third kappa shape index (κ3) is 3.87. The summed E-state index contributed by atoms with van der Waals surface area (Å²) in [4.78, 5) is 25.0. The molecule has 0 fully saturated rings. The molecule has 0 aliphatic carbocycles. The average Bonchev–Trinajstić information content (AvgIpc) is 2.62. The quantitative estimate of drug-likeness (QED) is 0.615. The minimum Gasteiger partial charge on any atom is -0.325 e. The first kappa shape index (κ1) is 19.5. The molecule has 2 aromatic rings. The van der Waals surface area contributed by atoms with Crippen molar-refractivity contribution in [3.8, 4) is 0 Å². The third-order valence-corrected chi connectivity index (χ3v) is 4.07. The summed E-state index contributed by atoms with van der Waals surface area (Å²) in [6, 6.07) is 8.72. The molecular formula is C19H19F3N2O2. The van der Waals surface area contributed by atoms with Gasteiger partial charge < -0.3 is 10.6 Å². The van der Waals surface area contributed by atoms with Gasteiger partial charge in [-0.1, -0.05) is 25.1 Å². The Labute approximate surface area is 149 Å². The normalized spacial score (nSPS) is 11.2. The Morgan fingerprint density at radius 1 is 0.885 bits per heavy atom. The second kappa shape index (κ2) is 7.59. The van der Waals surface area contributed by atoms with Crippen LogP contribution >= 0.6 is 0 Å². The van der Waals surface area contributed by atoms with Crippen LogP contribution in [0.1, 0.15) is 26.3 Å². The molecule has 0 saturated carbocycles. The molecular weight excluding hydrogens is 345 g/mol. The number of hydrogen-bond donors (Lipinski definition) is 2. The second-order valence-electron chi connectivity index (χ2n) is 6.27. The topological polar surface area (TPSA) is 58.2 Å². The first-order valence-corrected chi connectivity index (χ1v) is 8.02. The standard InChI is InChI=1S/C19H19F3N2O2/c1-4-11-7-5-6-8-13(11)23-17(25)19(2,3)18(26)24-14-10-9-12(20)15(21)16(14)22/h5-10H,4H2,1-3H3,(H,23,25)(H,24,26). The maximum atomic E-state index is 13.7. The predicted octanol–water partition coefficient (Wildman–Crippen LogP) is 4.27. The molecule has 2 aromatic carbocycles. The van der Waals surface area contributed by atoms with Crippen molar-refractivity contribution in [2.45, 2.75) is 27.2 Å². The lowest BCUT2D eigenvalue weighted by molar-refractivity contribution is -0.135. The van der Waals surface area contributed by atoms with Crippen molar-refractivity contribution in [3.05, 3.63) is 59.4 Å². The Kier molecular flexibility index (Phi) is 5.69. The molecule has 0 unspecified atom stereocenters. The van der Waals surface area contributed by atoms with Gasteiger partial charge in [-0.25, -0.2) is 13.2 Å². The van der Waals surface area contributed by atoms with Gasteiger partial charge in [-0.2, -0.15) is 0 Å². The minimum absolute atomic E-state index is 0.538. The molecule has 0 atom stereocenters. The first-order chi connectivity index (χ1) is 12.2. The van der Waals surface area contributed by atoms with E-state index in [2.05, 4.69) is 10.6 Å². The molecule has 2 rings (SSSR count). The summed E-state index contributed by atoms with van der Waals surface area (Å²) in [7, 11) is 0. The molecule has 4 nitrogen and oxygen atoms in total. The van der Waals surface area contributed by atoms with E-state index in [4.69, 9.17) is 0 Å². The van der Waals surface area contributed by atoms with Crippen LogP contribution in [0.4, 0.5) is 24.5 Å². The third-order valence-electron chi connectivity index (χ3n) is 4.07. The Bertz CT molecular complexity index is 851. The van der Waals surface area contributed by atoms with Gasteiger partial charge >= 0.3 is 0 Å². The molecule has 138 valence electrons. The highest BCUT2D eigenvalue weighted by atomic mass is 19.2. The van der Waals surface area contributed by atoms with E-state index in [-0.39, 0.29) is 0 Å². The number of para-hydroxylation sites is 1. The zero-order valence-electron chi connectivity index (χ0n) is 14.6. The number of carbonyl (C=O) groups excluding carboxylic acids is 2. The van der Waals surface area contributed by atoms with Crippen LogP contribution in [0.25, 0.3) is 0 Å². The van der Waals surface area contributed by atoms with Gasteiger partial charge in [0.05, 0.1) is 5.69 Å². The molecule has 2 N–H and O–H groups in total. The first-order valence-electron chi connectivity index (χ1n) is 8.02. The van der Waals surface area contributed by atoms with Crippen molar-refractivity contribution in [1.82, 2.24) is 0 Å². The molecule has 26 heavy (non-hydrogen) atoms. The van der Waals surface area contributed by atoms with Gasteiger partial charge in [0, 0.05) is 5.69 Å². The summed E-state index contributed by atoms with van der Waals surface area (Å²) in [5.74, 6) is -6.05. The smallest absolute Gasteiger partial charge is 0.239 e. The molecule has 0 radical (unpaired) electrons. The maximum Gasteiger partial charge on any atom is 0.239 e. The fourth-order valence-corrected chi connectivity index (χ4v) is 2.23. The molecule has 0 aromatic heterocycles. The van der Waals surface area contributed by atoms with Gasteiger partial charge in [-0.3, -0.25) is 9.59 Å². The second-order valence-corrected chi connectivity index (χ2v) is 6.27. The lowest BCUT2D eigenvalue weighted by Gasteiger charge is -2.23. The number of nitrogens with one attached hydrogen (secondary N) is 2. The summed E-state index contributed by atoms with van der Waals surface area (Å²) in [6.07, 6.45) is 0.684. The van der Waals surface area contributed by atoms with E-state index >= 15 is 0 Å². The summed E-state index contributed by atoms with van der Waals surface area (Å²) in [5, 5.41) is 4.81. The number of aryl methyl sites for hydroxylation is 1. The SMILES string of the molecule is CCc1ccccc1NC(=O)C(C)(C)C(=O)Nc1ccc(F)c(F)c1F. The lowest BCUT2D eigenvalue weighted by atomic mass is 9.90. The minimum atomic E-state index is -1.69. The Hall–Kier alpha value is -2.83. The lowest BCUT2D eigenvalue weighted by Crippen LogP contribution is -2.42. The summed E-state index contributed by atoms with van der Waals surface area (Å²) in [5.41, 5.74) is -0.662. The molecule has 0 spiro atoms. The molecule has 0 aliphatic heterocycles. The van der Waals surface area contributed by atoms with Gasteiger partial charge in [0.1, 0.15) is 5.41 Å². The van der Waals surface area contributed by atoms with E-state index < -0.39 is 40.4 Å². The number of rotatable bonds is 5. The Morgan fingerprint density at radius 2 is 1.46 bits per heavy atom. The Balaban J connectivity index is 2.19. The van der Waals surface area contributed by atoms with E-state index in [0.29, 0.717) is 18.2 Å². The molecule has 0 bridgehead atoms. The number of carbonyl (C=O) groups is 2. The van der Waals surface area contributed by atoms with Crippen molar-refractivity contribution in [2.24, 2.45) is 5.41 Å². The van der Waals surface area contributed by atoms with Crippen LogP contribution in [0, 0.1) is 22.9 Å². The fraction of sp³-hybridized carbons (Fsp3) is 0.263. The largest absolute Gasteiger partial charge is 0.325 e. The summed E-state index contributed by atoms with van der Waals surface area (Å²) in [6.45, 7) is 4.63. The summed E-state index contributed by atoms with van der Waals surface area (Å²) < 4.78 is 40.0. The number of hydrogen-bond acceptors (Lipinski definition) is 2. The maximum absolute atomic E-state index is 13.7. The molecule has 7 heteroatoms. The van der Waals surface area contributed by atoms with Crippen molar-refractivity contribution in [2.75, 3.05) is 10.6 Å². The van der Waals surface area contributed by atoms with E-state index in [9.17, 15) is 22.8 Å². The fourth-order valence-electron chi connectivity index (χ4n) is 2.23. The number of anilines is 2. The van der Waals surface area contributed by atoms with Gasteiger partial charge in [-0.05, 0) is 44.0 Å². The molecule has 2 amide bonds.